The summed E-state index contributed by atoms with van der Waals surface area (Å²) in [6.07, 6.45) is 7.00. The van der Waals surface area contributed by atoms with Gasteiger partial charge < -0.3 is 20.4 Å². The molecule has 2 saturated heterocycles. The SMILES string of the molecule is CCN(CC)c1ccc(Nc2ccnc(N3CCC4(CCNCC4)CC3)n2)c(C)c1. The third kappa shape index (κ3) is 4.53. The van der Waals surface area contributed by atoms with Gasteiger partial charge in [0.25, 0.3) is 0 Å². The van der Waals surface area contributed by atoms with Crippen LogP contribution in [0.1, 0.15) is 45.1 Å². The molecule has 0 radical (unpaired) electrons. The zero-order valence-corrected chi connectivity index (χ0v) is 18.7. The molecular weight excluding hydrogens is 372 g/mol. The first-order chi connectivity index (χ1) is 14.6. The van der Waals surface area contributed by atoms with Crippen molar-refractivity contribution in [1.29, 1.82) is 0 Å². The Morgan fingerprint density at radius 1 is 1.07 bits per heavy atom. The number of nitrogens with zero attached hydrogens (tertiary/aromatic N) is 4. The normalized spacial score (nSPS) is 18.4. The highest BCUT2D eigenvalue weighted by Gasteiger charge is 2.36. The fraction of sp³-hybridized carbons (Fsp3) is 0.583. The quantitative estimate of drug-likeness (QED) is 0.741. The molecule has 2 aromatic rings. The number of hydrogen-bond acceptors (Lipinski definition) is 6. The molecule has 4 rings (SSSR count). The first-order valence-electron chi connectivity index (χ1n) is 11.5. The topological polar surface area (TPSA) is 56.3 Å². The Morgan fingerprint density at radius 2 is 1.80 bits per heavy atom. The van der Waals surface area contributed by atoms with Crippen LogP contribution in [-0.2, 0) is 0 Å². The molecule has 0 amide bonds. The van der Waals surface area contributed by atoms with Crippen LogP contribution >= 0.6 is 0 Å². The van der Waals surface area contributed by atoms with Crippen LogP contribution in [0.5, 0.6) is 0 Å². The number of aryl methyl sites for hydroxylation is 1. The molecule has 0 atom stereocenters. The molecule has 2 fully saturated rings. The van der Waals surface area contributed by atoms with Gasteiger partial charge in [-0.15, -0.1) is 0 Å². The van der Waals surface area contributed by atoms with Gasteiger partial charge in [-0.2, -0.15) is 4.98 Å². The number of benzene rings is 1. The van der Waals surface area contributed by atoms with Gasteiger partial charge in [0, 0.05) is 43.8 Å². The van der Waals surface area contributed by atoms with Crippen molar-refractivity contribution in [3.8, 4) is 0 Å². The van der Waals surface area contributed by atoms with Crippen LogP contribution in [0.2, 0.25) is 0 Å². The summed E-state index contributed by atoms with van der Waals surface area (Å²) in [5.41, 5.74) is 4.14. The zero-order valence-electron chi connectivity index (χ0n) is 18.7. The molecule has 6 heteroatoms. The van der Waals surface area contributed by atoms with Crippen molar-refractivity contribution in [3.63, 3.8) is 0 Å². The second kappa shape index (κ2) is 9.21. The monoisotopic (exact) mass is 408 g/mol. The third-order valence-corrected chi connectivity index (χ3v) is 7.02. The van der Waals surface area contributed by atoms with Gasteiger partial charge in [0.05, 0.1) is 0 Å². The van der Waals surface area contributed by atoms with Crippen LogP contribution < -0.4 is 20.4 Å². The van der Waals surface area contributed by atoms with Crippen molar-refractivity contribution < 1.29 is 0 Å². The average molecular weight is 409 g/mol. The molecule has 2 aliphatic heterocycles. The van der Waals surface area contributed by atoms with E-state index in [4.69, 9.17) is 4.98 Å². The van der Waals surface area contributed by atoms with Gasteiger partial charge in [-0.25, -0.2) is 4.98 Å². The lowest BCUT2D eigenvalue weighted by molar-refractivity contribution is 0.154. The number of nitrogens with one attached hydrogen (secondary N) is 2. The maximum absolute atomic E-state index is 4.84. The van der Waals surface area contributed by atoms with Crippen LogP contribution in [0.4, 0.5) is 23.1 Å². The number of rotatable bonds is 6. The number of anilines is 4. The predicted molar refractivity (Wildman–Crippen MR) is 126 cm³/mol. The van der Waals surface area contributed by atoms with Crippen molar-refractivity contribution in [2.45, 2.75) is 46.5 Å². The summed E-state index contributed by atoms with van der Waals surface area (Å²) >= 11 is 0. The second-order valence-corrected chi connectivity index (χ2v) is 8.78. The summed E-state index contributed by atoms with van der Waals surface area (Å²) in [6, 6.07) is 8.56. The Labute approximate surface area is 181 Å². The fourth-order valence-electron chi connectivity index (χ4n) is 4.92. The highest BCUT2D eigenvalue weighted by Crippen LogP contribution is 2.40. The molecule has 2 N–H and O–H groups in total. The van der Waals surface area contributed by atoms with Crippen LogP contribution in [0.25, 0.3) is 0 Å². The molecule has 3 heterocycles. The summed E-state index contributed by atoms with van der Waals surface area (Å²) < 4.78 is 0. The van der Waals surface area contributed by atoms with Crippen LogP contribution in [0.15, 0.2) is 30.5 Å². The molecule has 162 valence electrons. The molecule has 2 aliphatic rings. The van der Waals surface area contributed by atoms with Crippen molar-refractivity contribution in [2.75, 3.05) is 54.4 Å². The van der Waals surface area contributed by atoms with Crippen LogP contribution in [-0.4, -0.2) is 49.2 Å². The maximum Gasteiger partial charge on any atom is 0.227 e. The van der Waals surface area contributed by atoms with E-state index < -0.39 is 0 Å². The van der Waals surface area contributed by atoms with Crippen LogP contribution in [0.3, 0.4) is 0 Å². The summed E-state index contributed by atoms with van der Waals surface area (Å²) in [6.45, 7) is 13.0. The Kier molecular flexibility index (Phi) is 6.42. The Hall–Kier alpha value is -2.34. The third-order valence-electron chi connectivity index (χ3n) is 7.02. The summed E-state index contributed by atoms with van der Waals surface area (Å²) in [7, 11) is 0. The van der Waals surface area contributed by atoms with E-state index in [9.17, 15) is 0 Å². The number of aromatic nitrogens is 2. The lowest BCUT2D eigenvalue weighted by Gasteiger charge is -2.44. The Morgan fingerprint density at radius 3 is 2.47 bits per heavy atom. The summed E-state index contributed by atoms with van der Waals surface area (Å²) in [5.74, 6) is 1.71. The van der Waals surface area contributed by atoms with E-state index in [1.165, 1.54) is 50.0 Å². The number of hydrogen-bond donors (Lipinski definition) is 2. The maximum atomic E-state index is 4.84. The average Bonchev–Trinajstić information content (AvgIpc) is 2.78. The Bertz CT molecular complexity index is 831. The van der Waals surface area contributed by atoms with Crippen molar-refractivity contribution in [1.82, 2.24) is 15.3 Å². The molecule has 0 aliphatic carbocycles. The largest absolute Gasteiger partial charge is 0.372 e. The number of piperidine rings is 2. The Balaban J connectivity index is 1.43. The molecule has 0 unspecified atom stereocenters. The minimum atomic E-state index is 0.543. The molecule has 0 saturated carbocycles. The van der Waals surface area contributed by atoms with Gasteiger partial charge in [0.1, 0.15) is 5.82 Å². The van der Waals surface area contributed by atoms with Gasteiger partial charge in [-0.1, -0.05) is 0 Å². The summed E-state index contributed by atoms with van der Waals surface area (Å²) in [5, 5.41) is 7.01. The molecule has 6 nitrogen and oxygen atoms in total. The van der Waals surface area contributed by atoms with Gasteiger partial charge in [0.15, 0.2) is 0 Å². The van der Waals surface area contributed by atoms with E-state index in [-0.39, 0.29) is 0 Å². The molecule has 1 spiro atoms. The second-order valence-electron chi connectivity index (χ2n) is 8.78. The van der Waals surface area contributed by atoms with Gasteiger partial charge >= 0.3 is 0 Å². The van der Waals surface area contributed by atoms with E-state index >= 15 is 0 Å². The highest BCUT2D eigenvalue weighted by atomic mass is 15.3. The van der Waals surface area contributed by atoms with Crippen LogP contribution in [0, 0.1) is 12.3 Å². The highest BCUT2D eigenvalue weighted by molar-refractivity contribution is 5.65. The standard InChI is InChI=1S/C24H36N6/c1-4-29(5-2)20-6-7-21(19(3)18-20)27-22-8-13-26-23(28-22)30-16-11-24(12-17-30)9-14-25-15-10-24/h6-8,13,18,25H,4-5,9-12,14-17H2,1-3H3,(H,26,27,28). The van der Waals surface area contributed by atoms with E-state index in [0.29, 0.717) is 5.41 Å². The van der Waals surface area contributed by atoms with Crippen molar-refractivity contribution in [3.05, 3.63) is 36.0 Å². The minimum Gasteiger partial charge on any atom is -0.372 e. The smallest absolute Gasteiger partial charge is 0.227 e. The first-order valence-corrected chi connectivity index (χ1v) is 11.5. The van der Waals surface area contributed by atoms with Crippen molar-refractivity contribution >= 4 is 23.1 Å². The van der Waals surface area contributed by atoms with E-state index in [0.717, 1.165) is 43.6 Å². The molecular formula is C24H36N6. The van der Waals surface area contributed by atoms with Gasteiger partial charge in [-0.05, 0) is 94.8 Å². The van der Waals surface area contributed by atoms with E-state index in [1.54, 1.807) is 0 Å². The van der Waals surface area contributed by atoms with Crippen molar-refractivity contribution in [2.24, 2.45) is 5.41 Å². The minimum absolute atomic E-state index is 0.543. The zero-order chi connectivity index (χ0) is 21.0. The summed E-state index contributed by atoms with van der Waals surface area (Å²) in [4.78, 5) is 14.1. The molecule has 1 aromatic carbocycles. The predicted octanol–water partition coefficient (Wildman–Crippen LogP) is 4.34. The molecule has 30 heavy (non-hydrogen) atoms. The van der Waals surface area contributed by atoms with Gasteiger partial charge in [-0.3, -0.25) is 0 Å². The lowest BCUT2D eigenvalue weighted by atomic mass is 9.72. The molecule has 1 aromatic heterocycles. The lowest BCUT2D eigenvalue weighted by Crippen LogP contribution is -2.46. The van der Waals surface area contributed by atoms with Gasteiger partial charge in [0.2, 0.25) is 5.95 Å². The van der Waals surface area contributed by atoms with E-state index in [2.05, 4.69) is 64.4 Å². The van der Waals surface area contributed by atoms with E-state index in [1.807, 2.05) is 12.3 Å². The molecule has 0 bridgehead atoms. The first kappa shape index (κ1) is 20.9. The fourth-order valence-corrected chi connectivity index (χ4v) is 4.92.